The van der Waals surface area contributed by atoms with Gasteiger partial charge in [-0.05, 0) is 42.2 Å². The zero-order valence-electron chi connectivity index (χ0n) is 17.1. The van der Waals surface area contributed by atoms with Gasteiger partial charge in [-0.3, -0.25) is 9.78 Å². The third-order valence-electron chi connectivity index (χ3n) is 5.23. The van der Waals surface area contributed by atoms with Crippen molar-refractivity contribution in [3.8, 4) is 11.5 Å². The number of hydrogen-bond acceptors (Lipinski definition) is 5. The van der Waals surface area contributed by atoms with Crippen LogP contribution in [-0.2, 0) is 22.5 Å². The smallest absolute Gasteiger partial charge is 0.224 e. The SMILES string of the molecule is COc1cc(CNC(=O)Cc2cccc3cccnc23)ccc1OCC1CCCO1. The first-order valence-corrected chi connectivity index (χ1v) is 10.2. The van der Waals surface area contributed by atoms with E-state index in [1.165, 1.54) is 0 Å². The number of amides is 1. The summed E-state index contributed by atoms with van der Waals surface area (Å²) in [6, 6.07) is 15.5. The highest BCUT2D eigenvalue weighted by Crippen LogP contribution is 2.29. The average molecular weight is 406 g/mol. The van der Waals surface area contributed by atoms with E-state index in [0.717, 1.165) is 41.5 Å². The molecule has 1 fully saturated rings. The van der Waals surface area contributed by atoms with Crippen LogP contribution in [0.1, 0.15) is 24.0 Å². The van der Waals surface area contributed by atoms with Crippen LogP contribution in [0, 0.1) is 0 Å². The zero-order chi connectivity index (χ0) is 20.8. The molecule has 1 amide bonds. The van der Waals surface area contributed by atoms with Crippen molar-refractivity contribution in [3.63, 3.8) is 0 Å². The summed E-state index contributed by atoms with van der Waals surface area (Å²) in [4.78, 5) is 16.9. The topological polar surface area (TPSA) is 69.7 Å². The maximum Gasteiger partial charge on any atom is 0.224 e. The lowest BCUT2D eigenvalue weighted by Crippen LogP contribution is -2.24. The van der Waals surface area contributed by atoms with E-state index in [-0.39, 0.29) is 18.4 Å². The van der Waals surface area contributed by atoms with Crippen molar-refractivity contribution in [1.29, 1.82) is 0 Å². The van der Waals surface area contributed by atoms with Gasteiger partial charge in [0.15, 0.2) is 11.5 Å². The molecule has 1 unspecified atom stereocenters. The number of methoxy groups -OCH3 is 1. The molecule has 1 atom stereocenters. The first kappa shape index (κ1) is 20.2. The lowest BCUT2D eigenvalue weighted by molar-refractivity contribution is -0.120. The average Bonchev–Trinajstić information content (AvgIpc) is 3.30. The second-order valence-electron chi connectivity index (χ2n) is 7.38. The van der Waals surface area contributed by atoms with E-state index in [4.69, 9.17) is 14.2 Å². The molecule has 6 nitrogen and oxygen atoms in total. The lowest BCUT2D eigenvalue weighted by Gasteiger charge is -2.15. The molecule has 2 aromatic carbocycles. The third-order valence-corrected chi connectivity index (χ3v) is 5.23. The Morgan fingerprint density at radius 1 is 1.20 bits per heavy atom. The molecular formula is C24H26N2O4. The van der Waals surface area contributed by atoms with Gasteiger partial charge in [0.25, 0.3) is 0 Å². The molecule has 4 rings (SSSR count). The number of carbonyl (C=O) groups is 1. The fourth-order valence-corrected chi connectivity index (χ4v) is 3.65. The second kappa shape index (κ2) is 9.59. The largest absolute Gasteiger partial charge is 0.493 e. The van der Waals surface area contributed by atoms with Crippen molar-refractivity contribution in [3.05, 3.63) is 65.9 Å². The van der Waals surface area contributed by atoms with Crippen LogP contribution in [0.2, 0.25) is 0 Å². The van der Waals surface area contributed by atoms with Gasteiger partial charge in [-0.15, -0.1) is 0 Å². The molecule has 1 N–H and O–H groups in total. The number of carbonyl (C=O) groups excluding carboxylic acids is 1. The number of hydrogen-bond donors (Lipinski definition) is 1. The van der Waals surface area contributed by atoms with E-state index in [9.17, 15) is 4.79 Å². The third kappa shape index (κ3) is 4.89. The number of pyridine rings is 1. The normalized spacial score (nSPS) is 15.8. The summed E-state index contributed by atoms with van der Waals surface area (Å²) in [6.45, 7) is 1.74. The standard InChI is InChI=1S/C24H26N2O4/c1-28-22-13-17(9-10-21(22)30-16-20-8-4-12-29-20)15-26-23(27)14-19-6-2-5-18-7-3-11-25-24(18)19/h2-3,5-7,9-11,13,20H,4,8,12,14-16H2,1H3,(H,26,27). The number of para-hydroxylation sites is 1. The summed E-state index contributed by atoms with van der Waals surface area (Å²) in [5.41, 5.74) is 2.73. The first-order valence-electron chi connectivity index (χ1n) is 10.2. The molecule has 1 aliphatic rings. The highest BCUT2D eigenvalue weighted by Gasteiger charge is 2.17. The van der Waals surface area contributed by atoms with Crippen LogP contribution in [-0.4, -0.2) is 37.3 Å². The predicted molar refractivity (Wildman–Crippen MR) is 115 cm³/mol. The predicted octanol–water partition coefficient (Wildman–Crippen LogP) is 3.66. The Kier molecular flexibility index (Phi) is 6.44. The number of rotatable bonds is 8. The molecule has 30 heavy (non-hydrogen) atoms. The minimum absolute atomic E-state index is 0.0502. The monoisotopic (exact) mass is 406 g/mol. The number of ether oxygens (including phenoxy) is 3. The van der Waals surface area contributed by atoms with Crippen LogP contribution in [0.4, 0.5) is 0 Å². The molecule has 3 aromatic rings. The van der Waals surface area contributed by atoms with Gasteiger partial charge in [0.05, 0.1) is 25.2 Å². The van der Waals surface area contributed by atoms with E-state index >= 15 is 0 Å². The van der Waals surface area contributed by atoms with Gasteiger partial charge >= 0.3 is 0 Å². The van der Waals surface area contributed by atoms with Crippen LogP contribution in [0.3, 0.4) is 0 Å². The van der Waals surface area contributed by atoms with Crippen LogP contribution in [0.5, 0.6) is 11.5 Å². The van der Waals surface area contributed by atoms with Crippen LogP contribution >= 0.6 is 0 Å². The van der Waals surface area contributed by atoms with Crippen molar-refractivity contribution >= 4 is 16.8 Å². The molecule has 156 valence electrons. The Morgan fingerprint density at radius 3 is 2.93 bits per heavy atom. The highest BCUT2D eigenvalue weighted by atomic mass is 16.5. The summed E-state index contributed by atoms with van der Waals surface area (Å²) in [5, 5.41) is 4.01. The molecule has 2 heterocycles. The molecule has 0 radical (unpaired) electrons. The molecule has 6 heteroatoms. The molecule has 1 aliphatic heterocycles. The number of aromatic nitrogens is 1. The summed E-state index contributed by atoms with van der Waals surface area (Å²) >= 11 is 0. The van der Waals surface area contributed by atoms with Crippen LogP contribution in [0.15, 0.2) is 54.7 Å². The maximum absolute atomic E-state index is 12.5. The summed E-state index contributed by atoms with van der Waals surface area (Å²) < 4.78 is 16.9. The van der Waals surface area contributed by atoms with Crippen molar-refractivity contribution in [2.45, 2.75) is 31.9 Å². The molecule has 0 aliphatic carbocycles. The number of nitrogens with one attached hydrogen (secondary N) is 1. The summed E-state index contributed by atoms with van der Waals surface area (Å²) in [7, 11) is 1.62. The fourth-order valence-electron chi connectivity index (χ4n) is 3.65. The molecule has 1 aromatic heterocycles. The van der Waals surface area contributed by atoms with Gasteiger partial charge in [-0.1, -0.05) is 30.3 Å². The van der Waals surface area contributed by atoms with Crippen LogP contribution in [0.25, 0.3) is 10.9 Å². The summed E-state index contributed by atoms with van der Waals surface area (Å²) in [6.07, 6.45) is 4.29. The first-order chi connectivity index (χ1) is 14.7. The van der Waals surface area contributed by atoms with E-state index in [2.05, 4.69) is 10.3 Å². The van der Waals surface area contributed by atoms with Gasteiger partial charge in [0.2, 0.25) is 5.91 Å². The van der Waals surface area contributed by atoms with Gasteiger partial charge in [0.1, 0.15) is 6.61 Å². The van der Waals surface area contributed by atoms with Crippen molar-refractivity contribution in [1.82, 2.24) is 10.3 Å². The fraction of sp³-hybridized carbons (Fsp3) is 0.333. The van der Waals surface area contributed by atoms with Gasteiger partial charge < -0.3 is 19.5 Å². The van der Waals surface area contributed by atoms with Crippen molar-refractivity contribution in [2.24, 2.45) is 0 Å². The van der Waals surface area contributed by atoms with E-state index in [0.29, 0.717) is 24.7 Å². The zero-order valence-corrected chi connectivity index (χ0v) is 17.1. The quantitative estimate of drug-likeness (QED) is 0.618. The minimum Gasteiger partial charge on any atom is -0.493 e. The second-order valence-corrected chi connectivity index (χ2v) is 7.38. The Bertz CT molecular complexity index is 1010. The molecule has 0 bridgehead atoms. The van der Waals surface area contributed by atoms with Gasteiger partial charge in [-0.25, -0.2) is 0 Å². The van der Waals surface area contributed by atoms with E-state index in [1.807, 2.05) is 48.5 Å². The lowest BCUT2D eigenvalue weighted by atomic mass is 10.1. The molecular weight excluding hydrogens is 380 g/mol. The molecule has 0 spiro atoms. The van der Waals surface area contributed by atoms with Gasteiger partial charge in [-0.2, -0.15) is 0 Å². The molecule has 1 saturated heterocycles. The Morgan fingerprint density at radius 2 is 2.10 bits per heavy atom. The minimum atomic E-state index is -0.0502. The van der Waals surface area contributed by atoms with Crippen molar-refractivity contribution < 1.29 is 19.0 Å². The highest BCUT2D eigenvalue weighted by molar-refractivity contribution is 5.87. The van der Waals surface area contributed by atoms with Gasteiger partial charge in [0, 0.05) is 24.7 Å². The number of fused-ring (bicyclic) bond motifs is 1. The number of nitrogens with zero attached hydrogens (tertiary/aromatic N) is 1. The van der Waals surface area contributed by atoms with E-state index in [1.54, 1.807) is 13.3 Å². The Hall–Kier alpha value is -3.12. The molecule has 0 saturated carbocycles. The summed E-state index contributed by atoms with van der Waals surface area (Å²) in [5.74, 6) is 1.29. The Balaban J connectivity index is 1.35. The van der Waals surface area contributed by atoms with Crippen LogP contribution < -0.4 is 14.8 Å². The number of benzene rings is 2. The Labute approximate surface area is 176 Å². The maximum atomic E-state index is 12.5. The van der Waals surface area contributed by atoms with E-state index < -0.39 is 0 Å². The van der Waals surface area contributed by atoms with Crippen molar-refractivity contribution in [2.75, 3.05) is 20.3 Å².